The summed E-state index contributed by atoms with van der Waals surface area (Å²) in [5.41, 5.74) is 1.77. The zero-order chi connectivity index (χ0) is 20.4. The van der Waals surface area contributed by atoms with Crippen molar-refractivity contribution in [3.8, 4) is 0 Å². The van der Waals surface area contributed by atoms with Crippen LogP contribution in [0.2, 0.25) is 0 Å². The fraction of sp³-hybridized carbons (Fsp3) is 0.792. The summed E-state index contributed by atoms with van der Waals surface area (Å²) in [6.45, 7) is 8.47. The zero-order valence-electron chi connectivity index (χ0n) is 17.7. The summed E-state index contributed by atoms with van der Waals surface area (Å²) in [5, 5.41) is 22.0. The standard InChI is InChI=1S/C24H32O5/c1-9-7-13-17(21(26)11(3)20(13)25)16-12(9)8-14-18(16)19-22-10(2)15(28-23(19)27)5-6-24(14,4)29-22/h7,10-18,20-21,25-26H,5-6,8H2,1-4H3/t10-,11+,12+,13-,14-,15+,16+,17+,18-,20+,21-,24?/m1/s1. The van der Waals surface area contributed by atoms with E-state index in [0.717, 1.165) is 30.6 Å². The summed E-state index contributed by atoms with van der Waals surface area (Å²) in [4.78, 5) is 13.2. The lowest BCUT2D eigenvalue weighted by atomic mass is 9.63. The van der Waals surface area contributed by atoms with E-state index in [1.807, 2.05) is 6.92 Å². The quantitative estimate of drug-likeness (QED) is 0.483. The Kier molecular flexibility index (Phi) is 3.61. The van der Waals surface area contributed by atoms with Crippen LogP contribution in [0.4, 0.5) is 0 Å². The molecule has 6 rings (SSSR count). The fourth-order valence-electron chi connectivity index (χ4n) is 8.16. The molecule has 0 spiro atoms. The van der Waals surface area contributed by atoms with Gasteiger partial charge in [0.05, 0.1) is 23.7 Å². The van der Waals surface area contributed by atoms with E-state index in [4.69, 9.17) is 9.47 Å². The highest BCUT2D eigenvalue weighted by atomic mass is 16.6. The van der Waals surface area contributed by atoms with E-state index in [9.17, 15) is 15.0 Å². The number of esters is 1. The molecule has 1 saturated heterocycles. The first kappa shape index (κ1) is 18.4. The van der Waals surface area contributed by atoms with Crippen LogP contribution in [-0.4, -0.2) is 40.1 Å². The number of aliphatic hydroxyl groups is 2. The van der Waals surface area contributed by atoms with Gasteiger partial charge in [0.2, 0.25) is 0 Å². The van der Waals surface area contributed by atoms with Gasteiger partial charge in [-0.1, -0.05) is 25.5 Å². The summed E-state index contributed by atoms with van der Waals surface area (Å²) >= 11 is 0. The van der Waals surface area contributed by atoms with Crippen LogP contribution in [0.1, 0.15) is 47.0 Å². The normalized spacial score (nSPS) is 57.4. The summed E-state index contributed by atoms with van der Waals surface area (Å²) in [6, 6.07) is 0. The summed E-state index contributed by atoms with van der Waals surface area (Å²) < 4.78 is 12.6. The number of ether oxygens (including phenoxy) is 2. The Hall–Kier alpha value is -1.33. The van der Waals surface area contributed by atoms with Crippen LogP contribution in [0.5, 0.6) is 0 Å². The molecule has 158 valence electrons. The molecule has 5 heteroatoms. The first-order valence-corrected chi connectivity index (χ1v) is 11.4. The first-order chi connectivity index (χ1) is 13.7. The number of rotatable bonds is 0. The Bertz CT molecular complexity index is 844. The van der Waals surface area contributed by atoms with Crippen LogP contribution in [0, 0.1) is 47.3 Å². The molecule has 3 fully saturated rings. The SMILES string of the molecule is CC1=C[C@H]2[C@@H](O)[C@H](C)[C@@H](O)[C@@H]2[C@H]2[C@@H]3C4=C5OC(C)(CC[C@H](OC4=O)[C@H]5C)[C@@H]3C[C@@H]12. The van der Waals surface area contributed by atoms with Crippen LogP contribution in [-0.2, 0) is 14.3 Å². The maximum atomic E-state index is 13.2. The molecule has 29 heavy (non-hydrogen) atoms. The van der Waals surface area contributed by atoms with Crippen molar-refractivity contribution in [1.82, 2.24) is 0 Å². The van der Waals surface area contributed by atoms with Crippen molar-refractivity contribution in [3.63, 3.8) is 0 Å². The number of fused-ring (bicyclic) bond motifs is 9. The Labute approximate surface area is 172 Å². The van der Waals surface area contributed by atoms with Gasteiger partial charge >= 0.3 is 5.97 Å². The highest BCUT2D eigenvalue weighted by Gasteiger charge is 2.66. The van der Waals surface area contributed by atoms with Gasteiger partial charge in [0.25, 0.3) is 0 Å². The molecule has 1 unspecified atom stereocenters. The molecule has 2 N–H and O–H groups in total. The molecule has 5 nitrogen and oxygen atoms in total. The van der Waals surface area contributed by atoms with Crippen LogP contribution < -0.4 is 0 Å². The van der Waals surface area contributed by atoms with E-state index in [2.05, 4.69) is 26.8 Å². The van der Waals surface area contributed by atoms with E-state index in [1.165, 1.54) is 5.57 Å². The number of carbonyl (C=O) groups is 1. The smallest absolute Gasteiger partial charge is 0.338 e. The monoisotopic (exact) mass is 400 g/mol. The highest BCUT2D eigenvalue weighted by Crippen LogP contribution is 2.66. The minimum absolute atomic E-state index is 0.0126. The molecular weight excluding hydrogens is 368 g/mol. The largest absolute Gasteiger partial charge is 0.491 e. The Balaban J connectivity index is 1.55. The minimum Gasteiger partial charge on any atom is -0.491 e. The van der Waals surface area contributed by atoms with Crippen LogP contribution in [0.3, 0.4) is 0 Å². The van der Waals surface area contributed by atoms with E-state index in [0.29, 0.717) is 5.92 Å². The van der Waals surface area contributed by atoms with Gasteiger partial charge in [0, 0.05) is 23.7 Å². The fourth-order valence-corrected chi connectivity index (χ4v) is 8.16. The van der Waals surface area contributed by atoms with Gasteiger partial charge in [-0.15, -0.1) is 0 Å². The number of hydrogen-bond donors (Lipinski definition) is 2. The summed E-state index contributed by atoms with van der Waals surface area (Å²) in [5.74, 6) is 1.34. The summed E-state index contributed by atoms with van der Waals surface area (Å²) in [6.07, 6.45) is 3.79. The molecular formula is C24H32O5. The third-order valence-electron chi connectivity index (χ3n) is 9.72. The van der Waals surface area contributed by atoms with E-state index in [-0.39, 0.29) is 59.1 Å². The molecule has 0 aromatic carbocycles. The maximum absolute atomic E-state index is 13.2. The van der Waals surface area contributed by atoms with Crippen LogP contribution in [0.15, 0.2) is 23.0 Å². The van der Waals surface area contributed by atoms with Gasteiger partial charge in [0.1, 0.15) is 17.5 Å². The van der Waals surface area contributed by atoms with Crippen molar-refractivity contribution >= 4 is 5.97 Å². The lowest BCUT2D eigenvalue weighted by Crippen LogP contribution is -2.49. The third-order valence-corrected chi connectivity index (χ3v) is 9.72. The number of aliphatic hydroxyl groups excluding tert-OH is 2. The zero-order valence-corrected chi connectivity index (χ0v) is 17.7. The molecule has 12 atom stereocenters. The second-order valence-corrected chi connectivity index (χ2v) is 10.9. The predicted octanol–water partition coefficient (Wildman–Crippen LogP) is 2.82. The van der Waals surface area contributed by atoms with Crippen LogP contribution in [0.25, 0.3) is 0 Å². The minimum atomic E-state index is -0.543. The number of hydrogen-bond acceptors (Lipinski definition) is 5. The molecule has 0 aromatic heterocycles. The Morgan fingerprint density at radius 2 is 1.93 bits per heavy atom. The van der Waals surface area contributed by atoms with Gasteiger partial charge in [-0.3, -0.25) is 0 Å². The summed E-state index contributed by atoms with van der Waals surface area (Å²) in [7, 11) is 0. The van der Waals surface area contributed by atoms with Crippen molar-refractivity contribution in [1.29, 1.82) is 0 Å². The number of carbonyl (C=O) groups excluding carboxylic acids is 1. The molecule has 3 bridgehead atoms. The Morgan fingerprint density at radius 3 is 2.69 bits per heavy atom. The number of allylic oxidation sites excluding steroid dienone is 1. The molecule has 0 radical (unpaired) electrons. The first-order valence-electron chi connectivity index (χ1n) is 11.4. The van der Waals surface area contributed by atoms with Gasteiger partial charge in [-0.25, -0.2) is 4.79 Å². The lowest BCUT2D eigenvalue weighted by molar-refractivity contribution is -0.154. The molecule has 3 aliphatic heterocycles. The van der Waals surface area contributed by atoms with E-state index >= 15 is 0 Å². The second kappa shape index (κ2) is 5.67. The van der Waals surface area contributed by atoms with Crippen molar-refractivity contribution in [3.05, 3.63) is 23.0 Å². The van der Waals surface area contributed by atoms with Crippen molar-refractivity contribution in [2.45, 2.75) is 70.9 Å². The topological polar surface area (TPSA) is 76.0 Å². The van der Waals surface area contributed by atoms with E-state index in [1.54, 1.807) is 0 Å². The van der Waals surface area contributed by atoms with Gasteiger partial charge in [-0.05, 0) is 50.9 Å². The van der Waals surface area contributed by atoms with Gasteiger partial charge < -0.3 is 19.7 Å². The highest BCUT2D eigenvalue weighted by molar-refractivity contribution is 5.91. The molecule has 0 amide bonds. The van der Waals surface area contributed by atoms with Crippen LogP contribution >= 0.6 is 0 Å². The molecule has 0 aromatic rings. The average Bonchev–Trinajstić information content (AvgIpc) is 3.16. The molecule has 6 aliphatic rings. The molecule has 3 aliphatic carbocycles. The molecule has 2 saturated carbocycles. The average molecular weight is 401 g/mol. The van der Waals surface area contributed by atoms with Gasteiger partial charge in [0.15, 0.2) is 0 Å². The third kappa shape index (κ3) is 2.11. The van der Waals surface area contributed by atoms with Crippen molar-refractivity contribution in [2.75, 3.05) is 0 Å². The maximum Gasteiger partial charge on any atom is 0.338 e. The van der Waals surface area contributed by atoms with Gasteiger partial charge in [-0.2, -0.15) is 0 Å². The lowest BCUT2D eigenvalue weighted by Gasteiger charge is -2.48. The van der Waals surface area contributed by atoms with Crippen molar-refractivity contribution < 1.29 is 24.5 Å². The van der Waals surface area contributed by atoms with E-state index < -0.39 is 12.2 Å². The Morgan fingerprint density at radius 1 is 1.17 bits per heavy atom. The predicted molar refractivity (Wildman–Crippen MR) is 105 cm³/mol. The molecule has 3 heterocycles. The second-order valence-electron chi connectivity index (χ2n) is 10.9. The van der Waals surface area contributed by atoms with Crippen molar-refractivity contribution in [2.24, 2.45) is 47.3 Å².